The van der Waals surface area contributed by atoms with Gasteiger partial charge in [-0.3, -0.25) is 4.79 Å². The quantitative estimate of drug-likeness (QED) is 0.684. The van der Waals surface area contributed by atoms with Crippen LogP contribution in [0.4, 0.5) is 0 Å². The Morgan fingerprint density at radius 2 is 2.00 bits per heavy atom. The van der Waals surface area contributed by atoms with Crippen LogP contribution in [-0.2, 0) is 4.79 Å². The minimum absolute atomic E-state index is 0. The second-order valence-electron chi connectivity index (χ2n) is 5.28. The van der Waals surface area contributed by atoms with E-state index in [1.54, 1.807) is 0 Å². The van der Waals surface area contributed by atoms with Crippen molar-refractivity contribution in [3.05, 3.63) is 0 Å². The molecule has 1 rings (SSSR count). The van der Waals surface area contributed by atoms with Gasteiger partial charge in [-0.2, -0.15) is 0 Å². The second kappa shape index (κ2) is 8.17. The topological polar surface area (TPSA) is 64.6 Å². The molecule has 0 aromatic carbocycles. The highest BCUT2D eigenvalue weighted by Gasteiger charge is 2.29. The highest BCUT2D eigenvalue weighted by Crippen LogP contribution is 2.09. The molecule has 7 heteroatoms. The molecule has 1 amide bonds. The van der Waals surface area contributed by atoms with Gasteiger partial charge in [0.15, 0.2) is 0 Å². The summed E-state index contributed by atoms with van der Waals surface area (Å²) in [6, 6.07) is -0.243. The van der Waals surface area contributed by atoms with E-state index in [1.165, 1.54) is 0 Å². The Labute approximate surface area is 122 Å². The largest absolute Gasteiger partial charge is 0.392 e. The van der Waals surface area contributed by atoms with E-state index in [-0.39, 0.29) is 42.3 Å². The molecule has 2 atom stereocenters. The van der Waals surface area contributed by atoms with Crippen LogP contribution in [0.25, 0.3) is 0 Å². The lowest BCUT2D eigenvalue weighted by Crippen LogP contribution is -2.51. The van der Waals surface area contributed by atoms with Gasteiger partial charge >= 0.3 is 0 Å². The average molecular weight is 302 g/mol. The molecule has 2 unspecified atom stereocenters. The van der Waals surface area contributed by atoms with Gasteiger partial charge in [0.1, 0.15) is 0 Å². The third-order valence-electron chi connectivity index (χ3n) is 3.33. The van der Waals surface area contributed by atoms with Gasteiger partial charge in [0.2, 0.25) is 5.91 Å². The average Bonchev–Trinajstić information content (AvgIpc) is 2.61. The number of halogens is 2. The van der Waals surface area contributed by atoms with E-state index in [9.17, 15) is 9.90 Å². The van der Waals surface area contributed by atoms with Crippen molar-refractivity contribution in [3.63, 3.8) is 0 Å². The van der Waals surface area contributed by atoms with Gasteiger partial charge in [-0.05, 0) is 34.4 Å². The Morgan fingerprint density at radius 1 is 1.44 bits per heavy atom. The maximum Gasteiger partial charge on any atom is 0.237 e. The monoisotopic (exact) mass is 301 g/mol. The number of nitrogens with zero attached hydrogens (tertiary/aromatic N) is 1. The Kier molecular flexibility index (Phi) is 9.19. The van der Waals surface area contributed by atoms with Crippen molar-refractivity contribution >= 4 is 30.7 Å². The van der Waals surface area contributed by atoms with Gasteiger partial charge in [-0.1, -0.05) is 0 Å². The first-order valence-electron chi connectivity index (χ1n) is 5.69. The summed E-state index contributed by atoms with van der Waals surface area (Å²) in [5.41, 5.74) is -0.0626. The van der Waals surface area contributed by atoms with Gasteiger partial charge < -0.3 is 20.6 Å². The summed E-state index contributed by atoms with van der Waals surface area (Å²) in [5, 5.41) is 15.2. The summed E-state index contributed by atoms with van der Waals surface area (Å²) in [6.45, 7) is 5.26. The standard InChI is InChI=1S/C11H23N3O2.2ClH/c1-11(2,14(3)4)7-13-10(16)9-5-8(15)6-12-9;;/h8-9,12,15H,5-7H2,1-4H3,(H,13,16);2*1H. The molecule has 0 aromatic rings. The van der Waals surface area contributed by atoms with Crippen LogP contribution in [-0.4, -0.2) is 60.8 Å². The normalized spacial score (nSPS) is 23.2. The fourth-order valence-corrected chi connectivity index (χ4v) is 1.50. The van der Waals surface area contributed by atoms with Gasteiger partial charge in [-0.25, -0.2) is 0 Å². The summed E-state index contributed by atoms with van der Waals surface area (Å²) in [7, 11) is 3.98. The van der Waals surface area contributed by atoms with Crippen molar-refractivity contribution in [1.29, 1.82) is 0 Å². The number of likely N-dealkylation sites (N-methyl/N-ethyl adjacent to an activating group) is 1. The highest BCUT2D eigenvalue weighted by molar-refractivity contribution is 5.85. The van der Waals surface area contributed by atoms with E-state index in [2.05, 4.69) is 29.4 Å². The van der Waals surface area contributed by atoms with Crippen LogP contribution in [0.5, 0.6) is 0 Å². The smallest absolute Gasteiger partial charge is 0.237 e. The van der Waals surface area contributed by atoms with Crippen LogP contribution in [0.1, 0.15) is 20.3 Å². The van der Waals surface area contributed by atoms with Crippen LogP contribution in [0.15, 0.2) is 0 Å². The third kappa shape index (κ3) is 5.71. The Bertz CT molecular complexity index is 263. The Morgan fingerprint density at radius 3 is 2.39 bits per heavy atom. The molecular formula is C11H25Cl2N3O2. The molecule has 0 aromatic heterocycles. The summed E-state index contributed by atoms with van der Waals surface area (Å²) >= 11 is 0. The van der Waals surface area contributed by atoms with Crippen LogP contribution in [0, 0.1) is 0 Å². The van der Waals surface area contributed by atoms with E-state index < -0.39 is 6.10 Å². The number of carbonyl (C=O) groups is 1. The fourth-order valence-electron chi connectivity index (χ4n) is 1.50. The molecule has 0 aliphatic carbocycles. The Hall–Kier alpha value is -0.0700. The highest BCUT2D eigenvalue weighted by atomic mass is 35.5. The van der Waals surface area contributed by atoms with Gasteiger partial charge in [0.25, 0.3) is 0 Å². The summed E-state index contributed by atoms with van der Waals surface area (Å²) in [6.07, 6.45) is 0.117. The number of aliphatic hydroxyl groups is 1. The summed E-state index contributed by atoms with van der Waals surface area (Å²) in [4.78, 5) is 13.8. The molecule has 110 valence electrons. The first-order chi connectivity index (χ1) is 7.33. The predicted molar refractivity (Wildman–Crippen MR) is 77.7 cm³/mol. The number of nitrogens with one attached hydrogen (secondary N) is 2. The zero-order valence-corrected chi connectivity index (χ0v) is 13.0. The first kappa shape index (κ1) is 20.3. The molecule has 0 radical (unpaired) electrons. The molecule has 1 saturated heterocycles. The number of rotatable bonds is 4. The van der Waals surface area contributed by atoms with Gasteiger partial charge in [0.05, 0.1) is 12.1 Å². The predicted octanol–water partition coefficient (Wildman–Crippen LogP) is 0.00920. The van der Waals surface area contributed by atoms with Crippen LogP contribution in [0.3, 0.4) is 0 Å². The van der Waals surface area contributed by atoms with Gasteiger partial charge in [-0.15, -0.1) is 24.8 Å². The number of amides is 1. The van der Waals surface area contributed by atoms with Crippen molar-refractivity contribution in [2.24, 2.45) is 0 Å². The fraction of sp³-hybridized carbons (Fsp3) is 0.909. The number of hydrogen-bond donors (Lipinski definition) is 3. The SMILES string of the molecule is CN(C)C(C)(C)CNC(=O)C1CC(O)CN1.Cl.Cl. The first-order valence-corrected chi connectivity index (χ1v) is 5.69. The van der Waals surface area contributed by atoms with Crippen molar-refractivity contribution < 1.29 is 9.90 Å². The van der Waals surface area contributed by atoms with E-state index in [0.29, 0.717) is 19.5 Å². The molecule has 0 saturated carbocycles. The molecular weight excluding hydrogens is 277 g/mol. The molecule has 1 aliphatic rings. The molecule has 5 nitrogen and oxygen atoms in total. The number of hydrogen-bond acceptors (Lipinski definition) is 4. The van der Waals surface area contributed by atoms with Gasteiger partial charge in [0, 0.05) is 18.6 Å². The van der Waals surface area contributed by atoms with E-state index in [1.807, 2.05) is 14.1 Å². The molecule has 3 N–H and O–H groups in total. The van der Waals surface area contributed by atoms with Crippen molar-refractivity contribution in [2.75, 3.05) is 27.2 Å². The van der Waals surface area contributed by atoms with Crippen LogP contribution < -0.4 is 10.6 Å². The molecule has 1 heterocycles. The zero-order chi connectivity index (χ0) is 12.3. The third-order valence-corrected chi connectivity index (χ3v) is 3.33. The lowest BCUT2D eigenvalue weighted by molar-refractivity contribution is -0.123. The number of aliphatic hydroxyl groups excluding tert-OH is 1. The lowest BCUT2D eigenvalue weighted by Gasteiger charge is -2.33. The minimum atomic E-state index is -0.391. The van der Waals surface area contributed by atoms with E-state index in [0.717, 1.165) is 0 Å². The summed E-state index contributed by atoms with van der Waals surface area (Å²) < 4.78 is 0. The lowest BCUT2D eigenvalue weighted by atomic mass is 10.0. The number of carbonyl (C=O) groups excluding carboxylic acids is 1. The van der Waals surface area contributed by atoms with Crippen LogP contribution >= 0.6 is 24.8 Å². The van der Waals surface area contributed by atoms with E-state index >= 15 is 0 Å². The zero-order valence-electron chi connectivity index (χ0n) is 11.4. The molecule has 18 heavy (non-hydrogen) atoms. The molecule has 0 bridgehead atoms. The maximum absolute atomic E-state index is 11.8. The summed E-state index contributed by atoms with van der Waals surface area (Å²) in [5.74, 6) is -0.0218. The number of β-amino-alcohol motifs (C(OH)–C–C–N with tert-alkyl or cyclic N) is 1. The molecule has 1 aliphatic heterocycles. The second-order valence-corrected chi connectivity index (χ2v) is 5.28. The van der Waals surface area contributed by atoms with Crippen molar-refractivity contribution in [3.8, 4) is 0 Å². The Balaban J connectivity index is 0. The van der Waals surface area contributed by atoms with Crippen molar-refractivity contribution in [2.45, 2.75) is 38.0 Å². The maximum atomic E-state index is 11.8. The van der Waals surface area contributed by atoms with Crippen LogP contribution in [0.2, 0.25) is 0 Å². The minimum Gasteiger partial charge on any atom is -0.392 e. The van der Waals surface area contributed by atoms with E-state index in [4.69, 9.17) is 0 Å². The van der Waals surface area contributed by atoms with Crippen molar-refractivity contribution in [1.82, 2.24) is 15.5 Å². The molecule has 0 spiro atoms. The molecule has 1 fully saturated rings.